The predicted molar refractivity (Wildman–Crippen MR) is 105 cm³/mol. The maximum absolute atomic E-state index is 13.0. The number of hydrogen-bond acceptors (Lipinski definition) is 4. The van der Waals surface area contributed by atoms with Gasteiger partial charge in [-0.05, 0) is 31.9 Å². The summed E-state index contributed by atoms with van der Waals surface area (Å²) in [5, 5.41) is 0. The van der Waals surface area contributed by atoms with E-state index in [4.69, 9.17) is 4.42 Å². The Balaban J connectivity index is 1.46. The number of carbonyl (C=O) groups is 2. The van der Waals surface area contributed by atoms with Crippen LogP contribution in [0.25, 0.3) is 11.1 Å². The third-order valence-corrected chi connectivity index (χ3v) is 5.50. The fourth-order valence-electron chi connectivity index (χ4n) is 3.93. The van der Waals surface area contributed by atoms with Crippen LogP contribution >= 0.6 is 0 Å². The largest absolute Gasteiger partial charge is 0.420 e. The number of hydrogen-bond donors (Lipinski definition) is 0. The average molecular weight is 378 g/mol. The summed E-state index contributed by atoms with van der Waals surface area (Å²) in [4.78, 5) is 39.6. The Hall–Kier alpha value is -3.15. The van der Waals surface area contributed by atoms with Crippen molar-refractivity contribution >= 4 is 22.8 Å². The van der Waals surface area contributed by atoms with Gasteiger partial charge in [0, 0.05) is 24.6 Å². The van der Waals surface area contributed by atoms with Gasteiger partial charge in [0.25, 0.3) is 0 Å². The van der Waals surface area contributed by atoms with Crippen LogP contribution in [0.15, 0.2) is 63.8 Å². The fraction of sp³-hybridized carbons (Fsp3) is 0.318. The smallest absolute Gasteiger partial charge is 0.408 e. The maximum Gasteiger partial charge on any atom is 0.420 e. The van der Waals surface area contributed by atoms with Crippen molar-refractivity contribution in [1.29, 1.82) is 0 Å². The van der Waals surface area contributed by atoms with Crippen molar-refractivity contribution in [1.82, 2.24) is 9.47 Å². The normalized spacial score (nSPS) is 16.2. The van der Waals surface area contributed by atoms with Crippen LogP contribution in [0.1, 0.15) is 36.2 Å². The molecule has 1 atom stereocenters. The minimum absolute atomic E-state index is 0.0702. The van der Waals surface area contributed by atoms with Crippen molar-refractivity contribution in [3.05, 3.63) is 70.7 Å². The molecule has 0 N–H and O–H groups in total. The van der Waals surface area contributed by atoms with Crippen molar-refractivity contribution < 1.29 is 14.0 Å². The molecule has 1 fully saturated rings. The zero-order chi connectivity index (χ0) is 19.7. The zero-order valence-corrected chi connectivity index (χ0v) is 15.7. The van der Waals surface area contributed by atoms with Crippen molar-refractivity contribution in [3.8, 4) is 0 Å². The molecule has 144 valence electrons. The second-order valence-corrected chi connectivity index (χ2v) is 7.21. The molecule has 0 aliphatic carbocycles. The van der Waals surface area contributed by atoms with E-state index >= 15 is 0 Å². The number of fused-ring (bicyclic) bond motifs is 1. The van der Waals surface area contributed by atoms with Crippen LogP contribution in [-0.4, -0.2) is 34.2 Å². The summed E-state index contributed by atoms with van der Waals surface area (Å²) in [6.45, 7) is 2.74. The Morgan fingerprint density at radius 3 is 2.36 bits per heavy atom. The molecule has 0 bridgehead atoms. The number of Topliss-reactive ketones (excluding diaryl/α,β-unsaturated/α-hetero) is 1. The Kier molecular flexibility index (Phi) is 4.86. The zero-order valence-electron chi connectivity index (χ0n) is 15.7. The van der Waals surface area contributed by atoms with Gasteiger partial charge in [0.2, 0.25) is 5.91 Å². The predicted octanol–water partition coefficient (Wildman–Crippen LogP) is 3.28. The van der Waals surface area contributed by atoms with Crippen LogP contribution in [0.5, 0.6) is 0 Å². The van der Waals surface area contributed by atoms with E-state index in [1.807, 2.05) is 36.4 Å². The molecule has 1 aromatic heterocycles. The summed E-state index contributed by atoms with van der Waals surface area (Å²) in [6, 6.07) is 15.7. The first-order chi connectivity index (χ1) is 13.6. The molecule has 28 heavy (non-hydrogen) atoms. The molecule has 0 spiro atoms. The minimum atomic E-state index is -0.655. The third-order valence-electron chi connectivity index (χ3n) is 5.50. The van der Waals surface area contributed by atoms with Crippen LogP contribution in [0.3, 0.4) is 0 Å². The van der Waals surface area contributed by atoms with E-state index in [1.165, 1.54) is 4.57 Å². The molecule has 1 saturated heterocycles. The summed E-state index contributed by atoms with van der Waals surface area (Å²) < 4.78 is 6.65. The van der Waals surface area contributed by atoms with Crippen LogP contribution in [0.4, 0.5) is 0 Å². The number of amides is 1. The van der Waals surface area contributed by atoms with E-state index in [-0.39, 0.29) is 17.6 Å². The molecule has 4 rings (SSSR count). The molecule has 1 aliphatic heterocycles. The fourth-order valence-corrected chi connectivity index (χ4v) is 3.93. The van der Waals surface area contributed by atoms with Gasteiger partial charge < -0.3 is 9.32 Å². The molecule has 3 aromatic rings. The standard InChI is InChI=1S/C22H22N2O4/c1-15(24-18-9-5-6-10-19(18)28-22(24)27)21(26)23-13-11-17(12-14-23)20(25)16-7-3-2-4-8-16/h2-10,15,17H,11-14H2,1H3/t15-/m0/s1. The lowest BCUT2D eigenvalue weighted by atomic mass is 9.88. The first-order valence-corrected chi connectivity index (χ1v) is 9.54. The van der Waals surface area contributed by atoms with E-state index in [1.54, 1.807) is 30.0 Å². The number of likely N-dealkylation sites (tertiary alicyclic amines) is 1. The van der Waals surface area contributed by atoms with Crippen LogP contribution < -0.4 is 5.76 Å². The Morgan fingerprint density at radius 2 is 1.64 bits per heavy atom. The molecule has 2 heterocycles. The van der Waals surface area contributed by atoms with Gasteiger partial charge in [-0.3, -0.25) is 14.2 Å². The highest BCUT2D eigenvalue weighted by Gasteiger charge is 2.31. The molecule has 0 radical (unpaired) electrons. The molecule has 1 amide bonds. The number of para-hydroxylation sites is 2. The van der Waals surface area contributed by atoms with E-state index in [0.717, 1.165) is 5.56 Å². The van der Waals surface area contributed by atoms with Gasteiger partial charge in [0.05, 0.1) is 5.52 Å². The highest BCUT2D eigenvalue weighted by atomic mass is 16.4. The van der Waals surface area contributed by atoms with E-state index in [0.29, 0.717) is 37.0 Å². The second-order valence-electron chi connectivity index (χ2n) is 7.21. The Bertz CT molecular complexity index is 1060. The van der Waals surface area contributed by atoms with Gasteiger partial charge >= 0.3 is 5.76 Å². The average Bonchev–Trinajstić information content (AvgIpc) is 3.08. The maximum atomic E-state index is 13.0. The lowest BCUT2D eigenvalue weighted by Gasteiger charge is -2.33. The Morgan fingerprint density at radius 1 is 1.00 bits per heavy atom. The van der Waals surface area contributed by atoms with Gasteiger partial charge in [-0.2, -0.15) is 0 Å². The molecular formula is C22H22N2O4. The van der Waals surface area contributed by atoms with E-state index in [9.17, 15) is 14.4 Å². The number of ketones is 1. The Labute approximate surface area is 162 Å². The van der Waals surface area contributed by atoms with Crippen molar-refractivity contribution in [2.45, 2.75) is 25.8 Å². The summed E-state index contributed by atoms with van der Waals surface area (Å²) in [7, 11) is 0. The van der Waals surface area contributed by atoms with Gasteiger partial charge in [-0.15, -0.1) is 0 Å². The topological polar surface area (TPSA) is 72.5 Å². The molecule has 0 saturated carbocycles. The van der Waals surface area contributed by atoms with Crippen molar-refractivity contribution in [3.63, 3.8) is 0 Å². The van der Waals surface area contributed by atoms with Gasteiger partial charge in [-0.1, -0.05) is 42.5 Å². The molecule has 6 heteroatoms. The number of carbonyl (C=O) groups excluding carboxylic acids is 2. The summed E-state index contributed by atoms with van der Waals surface area (Å²) >= 11 is 0. The minimum Gasteiger partial charge on any atom is -0.408 e. The number of benzene rings is 2. The summed E-state index contributed by atoms with van der Waals surface area (Å²) in [5.74, 6) is -0.590. The van der Waals surface area contributed by atoms with Crippen LogP contribution in [0, 0.1) is 5.92 Å². The monoisotopic (exact) mass is 378 g/mol. The van der Waals surface area contributed by atoms with Crippen LogP contribution in [-0.2, 0) is 4.79 Å². The number of nitrogens with zero attached hydrogens (tertiary/aromatic N) is 2. The lowest BCUT2D eigenvalue weighted by molar-refractivity contribution is -0.135. The summed E-state index contributed by atoms with van der Waals surface area (Å²) in [5.41, 5.74) is 1.80. The van der Waals surface area contributed by atoms with Gasteiger partial charge in [0.1, 0.15) is 6.04 Å². The first-order valence-electron chi connectivity index (χ1n) is 9.54. The molecule has 6 nitrogen and oxygen atoms in total. The van der Waals surface area contributed by atoms with E-state index in [2.05, 4.69) is 0 Å². The molecule has 2 aromatic carbocycles. The van der Waals surface area contributed by atoms with Crippen molar-refractivity contribution in [2.75, 3.05) is 13.1 Å². The second kappa shape index (κ2) is 7.46. The summed E-state index contributed by atoms with van der Waals surface area (Å²) in [6.07, 6.45) is 1.26. The quantitative estimate of drug-likeness (QED) is 0.653. The third kappa shape index (κ3) is 3.26. The number of piperidine rings is 1. The number of oxazole rings is 1. The van der Waals surface area contributed by atoms with Gasteiger partial charge in [-0.25, -0.2) is 4.79 Å². The molecule has 1 aliphatic rings. The molecular weight excluding hydrogens is 356 g/mol. The van der Waals surface area contributed by atoms with Crippen molar-refractivity contribution in [2.24, 2.45) is 5.92 Å². The highest BCUT2D eigenvalue weighted by molar-refractivity contribution is 5.98. The highest BCUT2D eigenvalue weighted by Crippen LogP contribution is 2.24. The number of rotatable bonds is 4. The van der Waals surface area contributed by atoms with Crippen LogP contribution in [0.2, 0.25) is 0 Å². The number of aromatic nitrogens is 1. The van der Waals surface area contributed by atoms with Gasteiger partial charge in [0.15, 0.2) is 11.4 Å². The lowest BCUT2D eigenvalue weighted by Crippen LogP contribution is -2.44. The molecule has 0 unspecified atom stereocenters. The first kappa shape index (κ1) is 18.2. The SMILES string of the molecule is C[C@@H](C(=O)N1CCC(C(=O)c2ccccc2)CC1)n1c(=O)oc2ccccc21. The van der Waals surface area contributed by atoms with E-state index < -0.39 is 11.8 Å².